The van der Waals surface area contributed by atoms with Crippen LogP contribution in [0.2, 0.25) is 0 Å². The van der Waals surface area contributed by atoms with E-state index in [9.17, 15) is 18.0 Å². The summed E-state index contributed by atoms with van der Waals surface area (Å²) in [5.74, 6) is 0.214. The fourth-order valence-corrected chi connectivity index (χ4v) is 4.84. The van der Waals surface area contributed by atoms with E-state index >= 15 is 0 Å². The summed E-state index contributed by atoms with van der Waals surface area (Å²) in [6.45, 7) is 1.82. The fourth-order valence-electron chi connectivity index (χ4n) is 4.84. The summed E-state index contributed by atoms with van der Waals surface area (Å²) in [5, 5.41) is 5.84. The van der Waals surface area contributed by atoms with Gasteiger partial charge in [0.05, 0.1) is 11.3 Å². The van der Waals surface area contributed by atoms with Crippen molar-refractivity contribution < 1.29 is 18.0 Å². The highest BCUT2D eigenvalue weighted by Gasteiger charge is 2.43. The first kappa shape index (κ1) is 24.6. The van der Waals surface area contributed by atoms with Crippen molar-refractivity contribution in [2.24, 2.45) is 5.92 Å². The average molecular weight is 480 g/mol. The van der Waals surface area contributed by atoms with Crippen LogP contribution in [0.5, 0.6) is 0 Å². The molecule has 0 bridgehead atoms. The van der Waals surface area contributed by atoms with E-state index in [1.807, 2.05) is 19.1 Å². The van der Waals surface area contributed by atoms with Crippen molar-refractivity contribution in [2.45, 2.75) is 57.2 Å². The Labute approximate surface area is 203 Å². The number of carbonyl (C=O) groups excluding carboxylic acids is 1. The number of carbonyl (C=O) groups is 1. The van der Waals surface area contributed by atoms with E-state index in [0.29, 0.717) is 23.5 Å². The molecule has 0 aliphatic heterocycles. The van der Waals surface area contributed by atoms with Crippen molar-refractivity contribution in [2.75, 3.05) is 5.32 Å². The Hall–Kier alpha value is -3.53. The summed E-state index contributed by atoms with van der Waals surface area (Å²) >= 11 is 0. The lowest BCUT2D eigenvalue weighted by Gasteiger charge is -2.39. The molecule has 1 heterocycles. The molecule has 4 rings (SSSR count). The van der Waals surface area contributed by atoms with Gasteiger partial charge in [-0.25, -0.2) is 4.79 Å². The maximum Gasteiger partial charge on any atom is 0.417 e. The summed E-state index contributed by atoms with van der Waals surface area (Å²) in [4.78, 5) is 18.0. The fraction of sp³-hybridized carbons (Fsp3) is 0.357. The molecule has 1 atom stereocenters. The third kappa shape index (κ3) is 5.94. The molecule has 1 unspecified atom stereocenters. The van der Waals surface area contributed by atoms with Gasteiger partial charge < -0.3 is 10.6 Å². The van der Waals surface area contributed by atoms with Gasteiger partial charge in [0.25, 0.3) is 0 Å². The van der Waals surface area contributed by atoms with Crippen molar-refractivity contribution in [3.05, 3.63) is 94.7 Å². The summed E-state index contributed by atoms with van der Waals surface area (Å²) in [6, 6.07) is 13.8. The minimum atomic E-state index is -4.55. The second-order valence-electron chi connectivity index (χ2n) is 9.15. The smallest absolute Gasteiger partial charge is 0.322 e. The number of hydrogen-bond acceptors (Lipinski definition) is 2. The molecule has 1 fully saturated rings. The average Bonchev–Trinajstić information content (AvgIpc) is 2.84. The number of aromatic nitrogens is 1. The molecule has 4 nitrogen and oxygen atoms in total. The van der Waals surface area contributed by atoms with Crippen molar-refractivity contribution in [1.29, 1.82) is 0 Å². The van der Waals surface area contributed by atoms with Crippen LogP contribution in [-0.2, 0) is 5.54 Å². The first-order valence-electron chi connectivity index (χ1n) is 11.9. The van der Waals surface area contributed by atoms with Crippen LogP contribution in [0.15, 0.2) is 83.3 Å². The van der Waals surface area contributed by atoms with Gasteiger partial charge in [0.2, 0.25) is 0 Å². The highest BCUT2D eigenvalue weighted by atomic mass is 19.4. The van der Waals surface area contributed by atoms with Gasteiger partial charge in [0.1, 0.15) is 5.54 Å². The van der Waals surface area contributed by atoms with E-state index in [2.05, 4.69) is 27.1 Å². The number of allylic oxidation sites excluding steroid dienone is 2. The molecule has 2 aliphatic carbocycles. The zero-order valence-corrected chi connectivity index (χ0v) is 19.6. The highest BCUT2D eigenvalue weighted by molar-refractivity contribution is 5.90. The van der Waals surface area contributed by atoms with Gasteiger partial charge in [-0.2, -0.15) is 13.2 Å². The van der Waals surface area contributed by atoms with Crippen molar-refractivity contribution in [1.82, 2.24) is 10.3 Å². The number of nitrogens with one attached hydrogen (secondary N) is 2. The SMILES string of the molecule is Cc1cccc(C(CC2CCCCC2)(NC(=O)Nc2ccccc2)C2=C=C=CC(C(F)(F)F)=C2)n1. The number of halogens is 3. The normalized spacial score (nSPS) is 17.8. The summed E-state index contributed by atoms with van der Waals surface area (Å²) in [5.41, 5.74) is 5.24. The second-order valence-corrected chi connectivity index (χ2v) is 9.15. The molecule has 1 saturated carbocycles. The molecule has 0 radical (unpaired) electrons. The maximum atomic E-state index is 13.7. The Morgan fingerprint density at radius 2 is 1.80 bits per heavy atom. The van der Waals surface area contributed by atoms with E-state index in [-0.39, 0.29) is 11.5 Å². The molecule has 2 aromatic rings. The lowest BCUT2D eigenvalue weighted by atomic mass is 9.73. The molecule has 182 valence electrons. The molecule has 35 heavy (non-hydrogen) atoms. The number of aryl methyl sites for hydroxylation is 1. The Morgan fingerprint density at radius 1 is 1.06 bits per heavy atom. The molecular formula is C28H28F3N3O. The standard InChI is InChI=1S/C28H28F3N3O/c1-20-10-8-17-25(32-20)27(19-21-11-4-2-5-12-21,22-13-9-14-23(18-22)28(29,30)31)34-26(35)33-24-15-6-3-7-16-24/h3,6-8,10,14-18,21H,2,4-5,11-12,19H2,1H3,(H2,33,34,35). The third-order valence-electron chi connectivity index (χ3n) is 6.53. The molecule has 2 amide bonds. The van der Waals surface area contributed by atoms with Crippen LogP contribution in [0.3, 0.4) is 0 Å². The highest BCUT2D eigenvalue weighted by Crippen LogP contribution is 2.42. The Kier molecular flexibility index (Phi) is 7.30. The van der Waals surface area contributed by atoms with Gasteiger partial charge in [0.15, 0.2) is 0 Å². The van der Waals surface area contributed by atoms with Crippen molar-refractivity contribution in [3.8, 4) is 0 Å². The molecule has 1 aromatic heterocycles. The first-order chi connectivity index (χ1) is 16.8. The predicted molar refractivity (Wildman–Crippen MR) is 130 cm³/mol. The number of rotatable bonds is 6. The quantitative estimate of drug-likeness (QED) is 0.434. The molecule has 7 heteroatoms. The van der Waals surface area contributed by atoms with Gasteiger partial charge in [-0.3, -0.25) is 4.98 Å². The molecule has 0 saturated heterocycles. The van der Waals surface area contributed by atoms with Crippen LogP contribution < -0.4 is 10.6 Å². The topological polar surface area (TPSA) is 54.0 Å². The Bertz CT molecular complexity index is 1200. The largest absolute Gasteiger partial charge is 0.417 e. The number of pyridine rings is 1. The number of anilines is 1. The summed E-state index contributed by atoms with van der Waals surface area (Å²) in [6.07, 6.45) is 2.93. The van der Waals surface area contributed by atoms with Crippen LogP contribution in [-0.4, -0.2) is 17.2 Å². The van der Waals surface area contributed by atoms with E-state index < -0.39 is 23.3 Å². The minimum Gasteiger partial charge on any atom is -0.322 e. The van der Waals surface area contributed by atoms with Crippen LogP contribution in [0.1, 0.15) is 49.9 Å². The number of para-hydroxylation sites is 1. The number of hydrogen-bond donors (Lipinski definition) is 2. The van der Waals surface area contributed by atoms with E-state index in [4.69, 9.17) is 0 Å². The van der Waals surface area contributed by atoms with Gasteiger partial charge in [0, 0.05) is 23.0 Å². The van der Waals surface area contributed by atoms with Crippen molar-refractivity contribution in [3.63, 3.8) is 0 Å². The van der Waals surface area contributed by atoms with E-state index in [0.717, 1.165) is 44.3 Å². The number of nitrogens with zero attached hydrogens (tertiary/aromatic N) is 1. The molecular weight excluding hydrogens is 451 g/mol. The molecule has 1 aromatic carbocycles. The van der Waals surface area contributed by atoms with Crippen LogP contribution in [0.25, 0.3) is 0 Å². The monoisotopic (exact) mass is 479 g/mol. The van der Waals surface area contributed by atoms with Gasteiger partial charge in [-0.05, 0) is 49.6 Å². The molecule has 2 aliphatic rings. The lowest BCUT2D eigenvalue weighted by Crippen LogP contribution is -2.50. The molecule has 2 N–H and O–H groups in total. The Morgan fingerprint density at radius 3 is 2.49 bits per heavy atom. The number of amides is 2. The van der Waals surface area contributed by atoms with Crippen LogP contribution in [0, 0.1) is 12.8 Å². The third-order valence-corrected chi connectivity index (χ3v) is 6.53. The van der Waals surface area contributed by atoms with Gasteiger partial charge >= 0.3 is 12.2 Å². The van der Waals surface area contributed by atoms with Crippen LogP contribution in [0.4, 0.5) is 23.7 Å². The second kappa shape index (κ2) is 10.4. The first-order valence-corrected chi connectivity index (χ1v) is 11.9. The summed E-state index contributed by atoms with van der Waals surface area (Å²) in [7, 11) is 0. The Balaban J connectivity index is 1.83. The van der Waals surface area contributed by atoms with E-state index in [1.54, 1.807) is 36.4 Å². The number of urea groups is 1. The molecule has 0 spiro atoms. The van der Waals surface area contributed by atoms with E-state index in [1.165, 1.54) is 0 Å². The zero-order chi connectivity index (χ0) is 24.9. The number of benzene rings is 1. The lowest BCUT2D eigenvalue weighted by molar-refractivity contribution is -0.0883. The summed E-state index contributed by atoms with van der Waals surface area (Å²) < 4.78 is 41.0. The maximum absolute atomic E-state index is 13.7. The van der Waals surface area contributed by atoms with Gasteiger partial charge in [-0.1, -0.05) is 67.8 Å². The van der Waals surface area contributed by atoms with Crippen molar-refractivity contribution >= 4 is 11.7 Å². The number of alkyl halides is 3. The minimum absolute atomic E-state index is 0.194. The van der Waals surface area contributed by atoms with Gasteiger partial charge in [-0.15, -0.1) is 0 Å². The zero-order valence-electron chi connectivity index (χ0n) is 19.6. The van der Waals surface area contributed by atoms with Crippen LogP contribution >= 0.6 is 0 Å². The predicted octanol–water partition coefficient (Wildman–Crippen LogP) is 7.12.